The summed E-state index contributed by atoms with van der Waals surface area (Å²) in [5, 5.41) is 19.1. The van der Waals surface area contributed by atoms with Crippen LogP contribution in [0.4, 0.5) is 10.8 Å². The van der Waals surface area contributed by atoms with Gasteiger partial charge in [0.05, 0.1) is 18.8 Å². The number of nitro groups is 1. The van der Waals surface area contributed by atoms with Crippen LogP contribution < -0.4 is 5.32 Å². The number of amides is 1. The lowest BCUT2D eigenvalue weighted by atomic mass is 10.1. The minimum absolute atomic E-state index is 0.00408. The lowest BCUT2D eigenvalue weighted by Crippen LogP contribution is -2.15. The van der Waals surface area contributed by atoms with Crippen LogP contribution in [0.1, 0.15) is 49.9 Å². The van der Waals surface area contributed by atoms with Crippen LogP contribution in [-0.2, 0) is 9.47 Å². The summed E-state index contributed by atoms with van der Waals surface area (Å²) in [6.07, 6.45) is 0. The van der Waals surface area contributed by atoms with E-state index in [4.69, 9.17) is 9.47 Å². The van der Waals surface area contributed by atoms with E-state index in [2.05, 4.69) is 31.4 Å². The van der Waals surface area contributed by atoms with Crippen molar-refractivity contribution in [2.75, 3.05) is 18.5 Å². The highest BCUT2D eigenvalue weighted by Crippen LogP contribution is 2.35. The van der Waals surface area contributed by atoms with Crippen LogP contribution in [0.2, 0.25) is 0 Å². The minimum Gasteiger partial charge on any atom is -0.462 e. The Morgan fingerprint density at radius 1 is 1.25 bits per heavy atom. The Bertz CT molecular complexity index is 953. The van der Waals surface area contributed by atoms with E-state index in [-0.39, 0.29) is 38.8 Å². The zero-order valence-corrected chi connectivity index (χ0v) is 17.4. The molecule has 150 valence electrons. The predicted octanol–water partition coefficient (Wildman–Crippen LogP) is 3.06. The number of halogens is 1. The van der Waals surface area contributed by atoms with Crippen LogP contribution in [-0.4, -0.2) is 46.2 Å². The lowest BCUT2D eigenvalue weighted by Gasteiger charge is -2.06. The number of H-pyrrole nitrogens is 1. The van der Waals surface area contributed by atoms with Gasteiger partial charge in [-0.25, -0.2) is 9.59 Å². The molecule has 28 heavy (non-hydrogen) atoms. The normalized spacial score (nSPS) is 10.4. The van der Waals surface area contributed by atoms with E-state index in [0.29, 0.717) is 5.56 Å². The van der Waals surface area contributed by atoms with Crippen molar-refractivity contribution in [1.29, 1.82) is 0 Å². The number of aromatic amines is 1. The summed E-state index contributed by atoms with van der Waals surface area (Å²) in [6.45, 7) is 5.01. The molecule has 0 aromatic carbocycles. The number of nitrogens with one attached hydrogen (secondary N) is 2. The zero-order valence-electron chi connectivity index (χ0n) is 15.0. The lowest BCUT2D eigenvalue weighted by molar-refractivity contribution is -0.390. The molecule has 2 aromatic rings. The molecule has 0 aliphatic rings. The maximum atomic E-state index is 12.5. The van der Waals surface area contributed by atoms with Crippen LogP contribution in [0.25, 0.3) is 0 Å². The number of thiophene rings is 1. The van der Waals surface area contributed by atoms with Crippen LogP contribution in [0.3, 0.4) is 0 Å². The molecule has 0 saturated carbocycles. The summed E-state index contributed by atoms with van der Waals surface area (Å²) in [5.74, 6) is -2.69. The fourth-order valence-electron chi connectivity index (χ4n) is 2.19. The summed E-state index contributed by atoms with van der Waals surface area (Å²) in [7, 11) is 0. The minimum atomic E-state index is -0.821. The van der Waals surface area contributed by atoms with Gasteiger partial charge in [-0.3, -0.25) is 4.79 Å². The molecule has 0 aliphatic carbocycles. The third kappa shape index (κ3) is 4.20. The van der Waals surface area contributed by atoms with Gasteiger partial charge in [0, 0.05) is 0 Å². The number of hydrogen-bond donors (Lipinski definition) is 2. The molecule has 0 bridgehead atoms. The first-order chi connectivity index (χ1) is 13.2. The first-order valence-corrected chi connectivity index (χ1v) is 9.50. The maximum Gasteiger partial charge on any atom is 0.357 e. The second kappa shape index (κ2) is 8.93. The Hall–Kier alpha value is -2.80. The number of nitrogens with zero attached hydrogens (tertiary/aromatic N) is 2. The van der Waals surface area contributed by atoms with E-state index in [1.54, 1.807) is 13.8 Å². The van der Waals surface area contributed by atoms with Gasteiger partial charge in [-0.2, -0.15) is 0 Å². The second-order valence-electron chi connectivity index (χ2n) is 5.15. The molecular formula is C15H15BrN4O7S. The third-order valence-corrected chi connectivity index (χ3v) is 5.34. The molecule has 2 aromatic heterocycles. The van der Waals surface area contributed by atoms with Gasteiger partial charge in [-0.15, -0.1) is 16.4 Å². The van der Waals surface area contributed by atoms with E-state index in [0.717, 1.165) is 11.3 Å². The number of carbonyl (C=O) groups excluding carboxylic acids is 3. The summed E-state index contributed by atoms with van der Waals surface area (Å²) in [5.41, 5.74) is 0.0129. The maximum absolute atomic E-state index is 12.5. The molecule has 11 nitrogen and oxygen atoms in total. The molecule has 0 aliphatic heterocycles. The molecule has 2 heterocycles. The Balaban J connectivity index is 2.44. The molecule has 0 radical (unpaired) electrons. The monoisotopic (exact) mass is 474 g/mol. The van der Waals surface area contributed by atoms with E-state index in [1.165, 1.54) is 6.92 Å². The largest absolute Gasteiger partial charge is 0.462 e. The van der Waals surface area contributed by atoms with Gasteiger partial charge in [0.2, 0.25) is 0 Å². The molecule has 13 heteroatoms. The number of hydrogen-bond acceptors (Lipinski definition) is 9. The van der Waals surface area contributed by atoms with Crippen molar-refractivity contribution < 1.29 is 28.8 Å². The van der Waals surface area contributed by atoms with Gasteiger partial charge in [0.15, 0.2) is 5.69 Å². The highest BCUT2D eigenvalue weighted by molar-refractivity contribution is 9.10. The molecule has 0 spiro atoms. The highest BCUT2D eigenvalue weighted by Gasteiger charge is 2.30. The molecular weight excluding hydrogens is 460 g/mol. The van der Waals surface area contributed by atoms with E-state index >= 15 is 0 Å². The molecule has 2 N–H and O–H groups in total. The fraction of sp³-hybridized carbons (Fsp3) is 0.333. The summed E-state index contributed by atoms with van der Waals surface area (Å²) in [6, 6.07) is 0. The standard InChI is InChI=1S/C15H15BrN4O7S/c1-4-26-14(22)7-6(3)10(15(23)27-5-2)28-13(7)17-12(21)9-8(16)11(19-18-9)20(24)25/h4-5H2,1-3H3,(H,17,21)(H,18,19). The topological polar surface area (TPSA) is 154 Å². The molecule has 0 unspecified atom stereocenters. The average molecular weight is 475 g/mol. The van der Waals surface area contributed by atoms with Crippen molar-refractivity contribution in [3.63, 3.8) is 0 Å². The van der Waals surface area contributed by atoms with Crippen molar-refractivity contribution in [3.8, 4) is 0 Å². The van der Waals surface area contributed by atoms with Gasteiger partial charge in [-0.05, 0) is 47.2 Å². The number of anilines is 1. The predicted molar refractivity (Wildman–Crippen MR) is 102 cm³/mol. The van der Waals surface area contributed by atoms with Crippen LogP contribution in [0.15, 0.2) is 4.47 Å². The van der Waals surface area contributed by atoms with E-state index in [9.17, 15) is 24.5 Å². The second-order valence-corrected chi connectivity index (χ2v) is 6.96. The zero-order chi connectivity index (χ0) is 21.0. The van der Waals surface area contributed by atoms with E-state index in [1.807, 2.05) is 0 Å². The van der Waals surface area contributed by atoms with Gasteiger partial charge in [0.25, 0.3) is 5.91 Å². The Morgan fingerprint density at radius 3 is 2.39 bits per heavy atom. The first kappa shape index (κ1) is 21.5. The molecule has 0 fully saturated rings. The van der Waals surface area contributed by atoms with E-state index < -0.39 is 28.6 Å². The fourth-order valence-corrected chi connectivity index (χ4v) is 3.78. The van der Waals surface area contributed by atoms with Gasteiger partial charge in [-0.1, -0.05) is 5.10 Å². The number of aromatic nitrogens is 2. The van der Waals surface area contributed by atoms with Gasteiger partial charge >= 0.3 is 17.8 Å². The van der Waals surface area contributed by atoms with Gasteiger partial charge in [0.1, 0.15) is 14.4 Å². The Morgan fingerprint density at radius 2 is 1.86 bits per heavy atom. The Kier molecular flexibility index (Phi) is 6.85. The Labute approximate surface area is 170 Å². The van der Waals surface area contributed by atoms with Crippen LogP contribution in [0.5, 0.6) is 0 Å². The SMILES string of the molecule is CCOC(=O)c1sc(NC(=O)c2n[nH]c([N+](=O)[O-])c2Br)c(C(=O)OCC)c1C. The summed E-state index contributed by atoms with van der Waals surface area (Å²) < 4.78 is 9.81. The van der Waals surface area contributed by atoms with Crippen LogP contribution in [0, 0.1) is 17.0 Å². The van der Waals surface area contributed by atoms with Crippen molar-refractivity contribution in [1.82, 2.24) is 10.2 Å². The van der Waals surface area contributed by atoms with Crippen molar-refractivity contribution in [3.05, 3.63) is 36.3 Å². The molecule has 1 amide bonds. The molecule has 0 atom stereocenters. The smallest absolute Gasteiger partial charge is 0.357 e. The molecule has 2 rings (SSSR count). The van der Waals surface area contributed by atoms with Crippen molar-refractivity contribution in [2.45, 2.75) is 20.8 Å². The van der Waals surface area contributed by atoms with Crippen molar-refractivity contribution in [2.24, 2.45) is 0 Å². The summed E-state index contributed by atoms with van der Waals surface area (Å²) in [4.78, 5) is 47.2. The van der Waals surface area contributed by atoms with Gasteiger partial charge < -0.3 is 24.9 Å². The van der Waals surface area contributed by atoms with Crippen molar-refractivity contribution >= 4 is 55.9 Å². The average Bonchev–Trinajstić information content (AvgIpc) is 3.15. The van der Waals surface area contributed by atoms with Crippen LogP contribution >= 0.6 is 27.3 Å². The first-order valence-electron chi connectivity index (χ1n) is 7.90. The third-order valence-electron chi connectivity index (χ3n) is 3.40. The number of esters is 2. The number of ether oxygens (including phenoxy) is 2. The number of rotatable bonds is 7. The number of carbonyl (C=O) groups is 3. The highest BCUT2D eigenvalue weighted by atomic mass is 79.9. The summed E-state index contributed by atoms with van der Waals surface area (Å²) >= 11 is 3.78. The quantitative estimate of drug-likeness (QED) is 0.352. The molecule has 0 saturated heterocycles.